The van der Waals surface area contributed by atoms with E-state index in [2.05, 4.69) is 10.3 Å². The summed E-state index contributed by atoms with van der Waals surface area (Å²) in [7, 11) is 3.95. The van der Waals surface area contributed by atoms with Crippen LogP contribution in [-0.4, -0.2) is 34.9 Å². The fourth-order valence-electron chi connectivity index (χ4n) is 2.51. The fourth-order valence-corrected chi connectivity index (χ4v) is 3.32. The van der Waals surface area contributed by atoms with E-state index in [4.69, 9.17) is 5.84 Å². The Morgan fingerprint density at radius 2 is 1.81 bits per heavy atom. The maximum absolute atomic E-state index is 12.5. The molecular formula is C20H23N5OS. The molecule has 0 saturated heterocycles. The van der Waals surface area contributed by atoms with Gasteiger partial charge in [0, 0.05) is 31.0 Å². The molecule has 0 fully saturated rings. The van der Waals surface area contributed by atoms with Crippen LogP contribution in [-0.2, 0) is 4.79 Å². The minimum atomic E-state index is -0.341. The molecule has 1 heterocycles. The third kappa shape index (κ3) is 4.62. The number of carbonyl (C=O) groups excluding carboxylic acids is 1. The van der Waals surface area contributed by atoms with Crippen LogP contribution in [0.5, 0.6) is 0 Å². The Bertz CT molecular complexity index is 906. The second-order valence-electron chi connectivity index (χ2n) is 6.37. The highest BCUT2D eigenvalue weighted by molar-refractivity contribution is 8.00. The zero-order chi connectivity index (χ0) is 19.4. The first-order valence-electron chi connectivity index (χ1n) is 8.59. The minimum Gasteiger partial charge on any atom is -0.378 e. The number of anilines is 2. The van der Waals surface area contributed by atoms with E-state index < -0.39 is 0 Å². The van der Waals surface area contributed by atoms with Crippen molar-refractivity contribution < 1.29 is 4.79 Å². The highest BCUT2D eigenvalue weighted by atomic mass is 32.2. The van der Waals surface area contributed by atoms with Gasteiger partial charge in [-0.1, -0.05) is 42.1 Å². The van der Waals surface area contributed by atoms with E-state index in [1.165, 1.54) is 16.4 Å². The Kier molecular flexibility index (Phi) is 5.71. The molecule has 27 heavy (non-hydrogen) atoms. The predicted octanol–water partition coefficient (Wildman–Crippen LogP) is 3.45. The van der Waals surface area contributed by atoms with Crippen LogP contribution >= 0.6 is 11.8 Å². The molecule has 0 saturated carbocycles. The SMILES string of the molecule is CC(Sc1nc(-c2ccccc2)cn1N)C(=O)Nc1ccc(N(C)C)cc1. The van der Waals surface area contributed by atoms with Gasteiger partial charge in [-0.2, -0.15) is 0 Å². The molecule has 0 bridgehead atoms. The average molecular weight is 382 g/mol. The standard InChI is InChI=1S/C20H23N5OS/c1-14(19(26)22-16-9-11-17(12-10-16)24(2)3)27-20-23-18(13-25(20)21)15-7-5-4-6-8-15/h4-14H,21H2,1-3H3,(H,22,26). The lowest BCUT2D eigenvalue weighted by molar-refractivity contribution is -0.115. The van der Waals surface area contributed by atoms with E-state index in [0.29, 0.717) is 5.16 Å². The van der Waals surface area contributed by atoms with Crippen molar-refractivity contribution in [2.75, 3.05) is 30.2 Å². The van der Waals surface area contributed by atoms with Gasteiger partial charge in [-0.15, -0.1) is 0 Å². The molecule has 6 nitrogen and oxygen atoms in total. The monoisotopic (exact) mass is 381 g/mol. The zero-order valence-corrected chi connectivity index (χ0v) is 16.4. The Morgan fingerprint density at radius 1 is 1.15 bits per heavy atom. The average Bonchev–Trinajstić information content (AvgIpc) is 3.03. The van der Waals surface area contributed by atoms with Gasteiger partial charge in [0.25, 0.3) is 0 Å². The molecular weight excluding hydrogens is 358 g/mol. The lowest BCUT2D eigenvalue weighted by Crippen LogP contribution is -2.23. The largest absolute Gasteiger partial charge is 0.378 e. The van der Waals surface area contributed by atoms with Gasteiger partial charge < -0.3 is 16.1 Å². The summed E-state index contributed by atoms with van der Waals surface area (Å²) in [6.07, 6.45) is 1.77. The fraction of sp³-hybridized carbons (Fsp3) is 0.200. The van der Waals surface area contributed by atoms with Crippen molar-refractivity contribution in [2.24, 2.45) is 0 Å². The van der Waals surface area contributed by atoms with Crippen LogP contribution in [0.3, 0.4) is 0 Å². The first-order valence-corrected chi connectivity index (χ1v) is 9.47. The van der Waals surface area contributed by atoms with Gasteiger partial charge in [-0.3, -0.25) is 4.79 Å². The van der Waals surface area contributed by atoms with E-state index in [-0.39, 0.29) is 11.2 Å². The lowest BCUT2D eigenvalue weighted by Gasteiger charge is -2.14. The van der Waals surface area contributed by atoms with Gasteiger partial charge in [0.15, 0.2) is 5.16 Å². The Labute approximate surface area is 163 Å². The van der Waals surface area contributed by atoms with Crippen LogP contribution in [0.2, 0.25) is 0 Å². The number of benzene rings is 2. The molecule has 0 aliphatic carbocycles. The van der Waals surface area contributed by atoms with E-state index in [1.807, 2.05) is 80.5 Å². The number of amides is 1. The van der Waals surface area contributed by atoms with E-state index >= 15 is 0 Å². The number of carbonyl (C=O) groups is 1. The van der Waals surface area contributed by atoms with Crippen LogP contribution in [0.15, 0.2) is 66.0 Å². The Morgan fingerprint density at radius 3 is 2.44 bits per heavy atom. The minimum absolute atomic E-state index is 0.0955. The second-order valence-corrected chi connectivity index (χ2v) is 7.68. The molecule has 140 valence electrons. The van der Waals surface area contributed by atoms with Crippen molar-refractivity contribution in [1.82, 2.24) is 9.66 Å². The summed E-state index contributed by atoms with van der Waals surface area (Å²) in [5.74, 6) is 5.93. The molecule has 3 rings (SSSR count). The van der Waals surface area contributed by atoms with Crippen LogP contribution in [0.1, 0.15) is 6.92 Å². The van der Waals surface area contributed by atoms with Crippen molar-refractivity contribution in [3.8, 4) is 11.3 Å². The first-order chi connectivity index (χ1) is 12.9. The molecule has 1 unspecified atom stereocenters. The number of imidazole rings is 1. The van der Waals surface area contributed by atoms with Crippen molar-refractivity contribution in [1.29, 1.82) is 0 Å². The predicted molar refractivity (Wildman–Crippen MR) is 113 cm³/mol. The maximum atomic E-state index is 12.5. The molecule has 0 aliphatic rings. The molecule has 0 spiro atoms. The van der Waals surface area contributed by atoms with Crippen molar-refractivity contribution in [3.63, 3.8) is 0 Å². The normalized spacial score (nSPS) is 11.8. The molecule has 1 amide bonds. The third-order valence-electron chi connectivity index (χ3n) is 4.07. The molecule has 7 heteroatoms. The van der Waals surface area contributed by atoms with Gasteiger partial charge in [0.05, 0.1) is 17.1 Å². The summed E-state index contributed by atoms with van der Waals surface area (Å²) in [5.41, 5.74) is 3.61. The maximum Gasteiger partial charge on any atom is 0.237 e. The quantitative estimate of drug-likeness (QED) is 0.505. The first kappa shape index (κ1) is 18.8. The van der Waals surface area contributed by atoms with E-state index in [1.54, 1.807) is 6.20 Å². The number of nitrogens with zero attached hydrogens (tertiary/aromatic N) is 3. The van der Waals surface area contributed by atoms with Gasteiger partial charge >= 0.3 is 0 Å². The summed E-state index contributed by atoms with van der Waals surface area (Å²) in [4.78, 5) is 19.1. The number of aromatic nitrogens is 2. The van der Waals surface area contributed by atoms with E-state index in [0.717, 1.165) is 22.6 Å². The number of hydrogen-bond acceptors (Lipinski definition) is 5. The molecule has 3 N–H and O–H groups in total. The second kappa shape index (κ2) is 8.18. The molecule has 1 aromatic heterocycles. The molecule has 1 atom stereocenters. The van der Waals surface area contributed by atoms with E-state index in [9.17, 15) is 4.79 Å². The number of rotatable bonds is 6. The Hall–Kier alpha value is -2.93. The van der Waals surface area contributed by atoms with Gasteiger partial charge in [0.1, 0.15) is 0 Å². The van der Waals surface area contributed by atoms with Gasteiger partial charge in [-0.05, 0) is 31.2 Å². The molecule has 2 aromatic carbocycles. The highest BCUT2D eigenvalue weighted by Crippen LogP contribution is 2.26. The van der Waals surface area contributed by atoms with Crippen LogP contribution in [0, 0.1) is 0 Å². The van der Waals surface area contributed by atoms with Gasteiger partial charge in [-0.25, -0.2) is 9.66 Å². The summed E-state index contributed by atoms with van der Waals surface area (Å²) >= 11 is 1.33. The number of nitrogen functional groups attached to an aromatic ring is 1. The molecule has 0 aliphatic heterocycles. The highest BCUT2D eigenvalue weighted by Gasteiger charge is 2.18. The topological polar surface area (TPSA) is 76.2 Å². The smallest absolute Gasteiger partial charge is 0.237 e. The molecule has 3 aromatic rings. The van der Waals surface area contributed by atoms with Crippen molar-refractivity contribution >= 4 is 29.0 Å². The number of nitrogens with one attached hydrogen (secondary N) is 1. The van der Waals surface area contributed by atoms with Crippen LogP contribution < -0.4 is 16.1 Å². The number of hydrogen-bond donors (Lipinski definition) is 2. The number of thioether (sulfide) groups is 1. The third-order valence-corrected chi connectivity index (χ3v) is 5.15. The van der Waals surface area contributed by atoms with Crippen LogP contribution in [0.25, 0.3) is 11.3 Å². The van der Waals surface area contributed by atoms with Crippen molar-refractivity contribution in [2.45, 2.75) is 17.3 Å². The number of nitrogens with two attached hydrogens (primary N) is 1. The van der Waals surface area contributed by atoms with Crippen LogP contribution in [0.4, 0.5) is 11.4 Å². The Balaban J connectivity index is 1.65. The van der Waals surface area contributed by atoms with Crippen molar-refractivity contribution in [3.05, 3.63) is 60.8 Å². The summed E-state index contributed by atoms with van der Waals surface area (Å²) in [6.45, 7) is 1.84. The summed E-state index contributed by atoms with van der Waals surface area (Å²) in [5, 5.41) is 3.19. The summed E-state index contributed by atoms with van der Waals surface area (Å²) in [6, 6.07) is 17.5. The lowest BCUT2D eigenvalue weighted by atomic mass is 10.2. The molecule has 0 radical (unpaired) electrons. The summed E-state index contributed by atoms with van der Waals surface area (Å²) < 4.78 is 1.46. The van der Waals surface area contributed by atoms with Gasteiger partial charge in [0.2, 0.25) is 5.91 Å². The zero-order valence-electron chi connectivity index (χ0n) is 15.6.